The maximum Gasteiger partial charge on any atom is 0.256 e. The van der Waals surface area contributed by atoms with Crippen molar-refractivity contribution in [1.29, 1.82) is 5.26 Å². The standard InChI is InChI=1S/C25H20N4O3S/c1-17-27-24(29-32-17)16-33-23-11-3-2-10-22(23)25(30)28-20-8-5-9-21(13-20)31-15-19-7-4-6-18(12-19)14-26/h2-13H,15-16H2,1H3,(H,28,30). The molecule has 3 aromatic carbocycles. The molecule has 0 spiro atoms. The molecule has 0 bridgehead atoms. The summed E-state index contributed by atoms with van der Waals surface area (Å²) >= 11 is 1.47. The number of nitrogens with zero attached hydrogens (tertiary/aromatic N) is 3. The van der Waals surface area contributed by atoms with Crippen molar-refractivity contribution in [1.82, 2.24) is 10.1 Å². The molecule has 0 aliphatic heterocycles. The van der Waals surface area contributed by atoms with E-state index in [0.717, 1.165) is 10.5 Å². The lowest BCUT2D eigenvalue weighted by atomic mass is 10.1. The number of nitrogens with one attached hydrogen (secondary N) is 1. The summed E-state index contributed by atoms with van der Waals surface area (Å²) in [6, 6.07) is 24.0. The fourth-order valence-corrected chi connectivity index (χ4v) is 3.97. The monoisotopic (exact) mass is 456 g/mol. The third kappa shape index (κ3) is 5.99. The zero-order chi connectivity index (χ0) is 23.0. The van der Waals surface area contributed by atoms with E-state index in [-0.39, 0.29) is 5.91 Å². The summed E-state index contributed by atoms with van der Waals surface area (Å²) < 4.78 is 10.8. The van der Waals surface area contributed by atoms with Crippen molar-refractivity contribution in [2.45, 2.75) is 24.2 Å². The van der Waals surface area contributed by atoms with Crippen LogP contribution in [0.4, 0.5) is 5.69 Å². The molecule has 0 unspecified atom stereocenters. The maximum absolute atomic E-state index is 13.0. The minimum absolute atomic E-state index is 0.221. The van der Waals surface area contributed by atoms with Crippen LogP contribution in [0.5, 0.6) is 5.75 Å². The van der Waals surface area contributed by atoms with Crippen molar-refractivity contribution in [2.24, 2.45) is 0 Å². The number of hydrogen-bond acceptors (Lipinski definition) is 7. The Balaban J connectivity index is 1.41. The number of aryl methyl sites for hydroxylation is 1. The zero-order valence-corrected chi connectivity index (χ0v) is 18.6. The van der Waals surface area contributed by atoms with Crippen molar-refractivity contribution in [3.8, 4) is 11.8 Å². The molecule has 0 atom stereocenters. The van der Waals surface area contributed by atoms with Crippen molar-refractivity contribution in [2.75, 3.05) is 5.32 Å². The van der Waals surface area contributed by atoms with Gasteiger partial charge in [0.1, 0.15) is 12.4 Å². The Morgan fingerprint density at radius 3 is 2.79 bits per heavy atom. The van der Waals surface area contributed by atoms with Crippen molar-refractivity contribution >= 4 is 23.4 Å². The number of rotatable bonds is 8. The minimum Gasteiger partial charge on any atom is -0.489 e. The van der Waals surface area contributed by atoms with E-state index in [1.165, 1.54) is 11.8 Å². The highest BCUT2D eigenvalue weighted by Crippen LogP contribution is 2.27. The number of nitriles is 1. The van der Waals surface area contributed by atoms with Gasteiger partial charge in [-0.3, -0.25) is 4.79 Å². The molecule has 0 aliphatic carbocycles. The van der Waals surface area contributed by atoms with E-state index < -0.39 is 0 Å². The molecule has 8 heteroatoms. The number of carbonyl (C=O) groups is 1. The van der Waals surface area contributed by atoms with Crippen LogP contribution in [0.1, 0.15) is 33.2 Å². The highest BCUT2D eigenvalue weighted by Gasteiger charge is 2.13. The molecule has 0 aliphatic rings. The summed E-state index contributed by atoms with van der Waals surface area (Å²) in [5, 5.41) is 15.9. The number of thioether (sulfide) groups is 1. The van der Waals surface area contributed by atoms with Gasteiger partial charge < -0.3 is 14.6 Å². The van der Waals surface area contributed by atoms with Gasteiger partial charge in [-0.15, -0.1) is 11.8 Å². The molecule has 0 radical (unpaired) electrons. The summed E-state index contributed by atoms with van der Waals surface area (Å²) in [6.45, 7) is 2.06. The quantitative estimate of drug-likeness (QED) is 0.356. The van der Waals surface area contributed by atoms with E-state index in [0.29, 0.717) is 46.6 Å². The first-order valence-corrected chi connectivity index (χ1v) is 11.1. The third-order valence-electron chi connectivity index (χ3n) is 4.61. The van der Waals surface area contributed by atoms with Crippen LogP contribution in [0, 0.1) is 18.3 Å². The van der Waals surface area contributed by atoms with Gasteiger partial charge in [0.25, 0.3) is 5.91 Å². The molecular formula is C25H20N4O3S. The topological polar surface area (TPSA) is 101 Å². The predicted octanol–water partition coefficient (Wildman–Crippen LogP) is 5.37. The van der Waals surface area contributed by atoms with E-state index in [4.69, 9.17) is 14.5 Å². The van der Waals surface area contributed by atoms with E-state index in [9.17, 15) is 4.79 Å². The Hall–Kier alpha value is -4.09. The predicted molar refractivity (Wildman–Crippen MR) is 125 cm³/mol. The van der Waals surface area contributed by atoms with E-state index in [1.807, 2.05) is 42.5 Å². The number of benzene rings is 3. The molecule has 1 amide bonds. The summed E-state index contributed by atoms with van der Waals surface area (Å²) in [6.07, 6.45) is 0. The Morgan fingerprint density at radius 2 is 1.97 bits per heavy atom. The van der Waals surface area contributed by atoms with Gasteiger partial charge in [-0.05, 0) is 42.0 Å². The van der Waals surface area contributed by atoms with Crippen molar-refractivity contribution in [3.63, 3.8) is 0 Å². The van der Waals surface area contributed by atoms with Crippen LogP contribution >= 0.6 is 11.8 Å². The Kier molecular flexibility index (Phi) is 7.03. The van der Waals surface area contributed by atoms with Gasteiger partial charge in [-0.25, -0.2) is 0 Å². The van der Waals surface area contributed by atoms with Gasteiger partial charge in [0.2, 0.25) is 5.89 Å². The molecule has 33 heavy (non-hydrogen) atoms. The highest BCUT2D eigenvalue weighted by molar-refractivity contribution is 7.98. The largest absolute Gasteiger partial charge is 0.489 e. The lowest BCUT2D eigenvalue weighted by molar-refractivity contribution is 0.102. The normalized spacial score (nSPS) is 10.4. The Bertz CT molecular complexity index is 1310. The van der Waals surface area contributed by atoms with Crippen LogP contribution in [0.15, 0.2) is 82.2 Å². The molecular weight excluding hydrogens is 436 g/mol. The number of hydrogen-bond donors (Lipinski definition) is 1. The highest BCUT2D eigenvalue weighted by atomic mass is 32.2. The van der Waals surface area contributed by atoms with E-state index >= 15 is 0 Å². The smallest absolute Gasteiger partial charge is 0.256 e. The van der Waals surface area contributed by atoms with Gasteiger partial charge in [-0.2, -0.15) is 10.2 Å². The first-order chi connectivity index (χ1) is 16.1. The third-order valence-corrected chi connectivity index (χ3v) is 5.68. The molecule has 7 nitrogen and oxygen atoms in total. The zero-order valence-electron chi connectivity index (χ0n) is 17.8. The number of aromatic nitrogens is 2. The second kappa shape index (κ2) is 10.5. The number of ether oxygens (including phenoxy) is 1. The Morgan fingerprint density at radius 1 is 1.12 bits per heavy atom. The molecule has 0 fully saturated rings. The van der Waals surface area contributed by atoms with Crippen LogP contribution in [0.3, 0.4) is 0 Å². The van der Waals surface area contributed by atoms with Crippen LogP contribution in [-0.2, 0) is 12.4 Å². The first-order valence-electron chi connectivity index (χ1n) is 10.1. The van der Waals surface area contributed by atoms with Crippen LogP contribution in [0.25, 0.3) is 0 Å². The SMILES string of the molecule is Cc1nc(CSc2ccccc2C(=O)Nc2cccc(OCc3cccc(C#N)c3)c2)no1. The first kappa shape index (κ1) is 22.1. The summed E-state index contributed by atoms with van der Waals surface area (Å²) in [7, 11) is 0. The molecule has 164 valence electrons. The van der Waals surface area contributed by atoms with Crippen LogP contribution < -0.4 is 10.1 Å². The molecule has 4 aromatic rings. The number of carbonyl (C=O) groups excluding carboxylic acids is 1. The minimum atomic E-state index is -0.221. The summed E-state index contributed by atoms with van der Waals surface area (Å²) in [5.74, 6) is 1.98. The average Bonchev–Trinajstić information content (AvgIpc) is 3.27. The summed E-state index contributed by atoms with van der Waals surface area (Å²) in [5.41, 5.74) is 2.66. The second-order valence-electron chi connectivity index (χ2n) is 7.10. The van der Waals surface area contributed by atoms with Gasteiger partial charge >= 0.3 is 0 Å². The maximum atomic E-state index is 13.0. The lowest BCUT2D eigenvalue weighted by Crippen LogP contribution is -2.13. The fourth-order valence-electron chi connectivity index (χ4n) is 3.08. The van der Waals surface area contributed by atoms with Gasteiger partial charge in [0, 0.05) is 23.6 Å². The van der Waals surface area contributed by atoms with Gasteiger partial charge in [-0.1, -0.05) is 35.5 Å². The average molecular weight is 457 g/mol. The van der Waals surface area contributed by atoms with Gasteiger partial charge in [0.05, 0.1) is 22.9 Å². The fraction of sp³-hybridized carbons (Fsp3) is 0.120. The second-order valence-corrected chi connectivity index (χ2v) is 8.11. The molecule has 1 aromatic heterocycles. The Labute approximate surface area is 195 Å². The van der Waals surface area contributed by atoms with Crippen molar-refractivity contribution < 1.29 is 14.1 Å². The van der Waals surface area contributed by atoms with E-state index in [1.54, 1.807) is 37.3 Å². The van der Waals surface area contributed by atoms with Crippen LogP contribution in [-0.4, -0.2) is 16.0 Å². The molecule has 0 saturated carbocycles. The molecule has 4 rings (SSSR count). The van der Waals surface area contributed by atoms with Gasteiger partial charge in [0.15, 0.2) is 5.82 Å². The van der Waals surface area contributed by atoms with E-state index in [2.05, 4.69) is 21.5 Å². The molecule has 1 N–H and O–H groups in total. The molecule has 1 heterocycles. The van der Waals surface area contributed by atoms with Crippen LogP contribution in [0.2, 0.25) is 0 Å². The van der Waals surface area contributed by atoms with Crippen molar-refractivity contribution in [3.05, 3.63) is 101 Å². The number of amides is 1. The summed E-state index contributed by atoms with van der Waals surface area (Å²) in [4.78, 5) is 18.0. The number of anilines is 1. The lowest BCUT2D eigenvalue weighted by Gasteiger charge is -2.11. The molecule has 0 saturated heterocycles.